The van der Waals surface area contributed by atoms with Crippen LogP contribution < -0.4 is 14.4 Å². The number of carbonyl (C=O) groups is 2. The number of likely N-dealkylation sites (N-methyl/N-ethyl adjacent to an activating group) is 1. The number of hydrogen-bond donors (Lipinski definition) is 1. The van der Waals surface area contributed by atoms with Crippen LogP contribution in [-0.4, -0.2) is 51.9 Å². The highest BCUT2D eigenvalue weighted by Gasteiger charge is 2.34. The minimum atomic E-state index is -4.17. The molecule has 0 radical (unpaired) electrons. The molecule has 9 heteroatoms. The van der Waals surface area contributed by atoms with Gasteiger partial charge in [0.25, 0.3) is 10.0 Å². The summed E-state index contributed by atoms with van der Waals surface area (Å²) in [4.78, 5) is 29.2. The summed E-state index contributed by atoms with van der Waals surface area (Å²) < 4.78 is 34.4. The van der Waals surface area contributed by atoms with Crippen LogP contribution in [0.4, 0.5) is 5.69 Å². The van der Waals surface area contributed by atoms with E-state index in [9.17, 15) is 18.0 Å². The monoisotopic (exact) mass is 585 g/mol. The molecule has 0 saturated carbocycles. The number of anilines is 1. The first-order valence-electron chi connectivity index (χ1n) is 13.6. The van der Waals surface area contributed by atoms with Gasteiger partial charge in [0.2, 0.25) is 11.8 Å². The lowest BCUT2D eigenvalue weighted by molar-refractivity contribution is -0.139. The fourth-order valence-corrected chi connectivity index (χ4v) is 6.13. The van der Waals surface area contributed by atoms with Crippen molar-refractivity contribution in [3.05, 3.63) is 126 Å². The average molecular weight is 586 g/mol. The molecule has 0 aliphatic carbocycles. The van der Waals surface area contributed by atoms with Gasteiger partial charge in [-0.05, 0) is 47.9 Å². The number of carbonyl (C=O) groups excluding carboxylic acids is 2. The van der Waals surface area contributed by atoms with Crippen LogP contribution in [0.3, 0.4) is 0 Å². The summed E-state index contributed by atoms with van der Waals surface area (Å²) in [5.74, 6) is -0.429. The van der Waals surface area contributed by atoms with E-state index < -0.39 is 28.5 Å². The van der Waals surface area contributed by atoms with Gasteiger partial charge >= 0.3 is 0 Å². The molecule has 0 spiro atoms. The molecule has 4 aromatic rings. The van der Waals surface area contributed by atoms with Gasteiger partial charge in [-0.3, -0.25) is 13.9 Å². The predicted octanol–water partition coefficient (Wildman–Crippen LogP) is 4.59. The third-order valence-corrected chi connectivity index (χ3v) is 8.86. The maximum atomic E-state index is 14.3. The van der Waals surface area contributed by atoms with Crippen molar-refractivity contribution < 1.29 is 22.7 Å². The topological polar surface area (TPSA) is 96.0 Å². The van der Waals surface area contributed by atoms with Gasteiger partial charge in [0.1, 0.15) is 18.3 Å². The average Bonchev–Trinajstić information content (AvgIpc) is 3.02. The van der Waals surface area contributed by atoms with Crippen LogP contribution in [0.15, 0.2) is 114 Å². The highest BCUT2D eigenvalue weighted by molar-refractivity contribution is 7.92. The van der Waals surface area contributed by atoms with E-state index in [0.717, 1.165) is 21.0 Å². The van der Waals surface area contributed by atoms with Crippen LogP contribution >= 0.6 is 0 Å². The molecule has 0 bridgehead atoms. The summed E-state index contributed by atoms with van der Waals surface area (Å²) in [5.41, 5.74) is 2.94. The Balaban J connectivity index is 1.80. The van der Waals surface area contributed by atoms with Gasteiger partial charge in [-0.2, -0.15) is 0 Å². The summed E-state index contributed by atoms with van der Waals surface area (Å²) >= 11 is 0. The van der Waals surface area contributed by atoms with E-state index in [2.05, 4.69) is 5.32 Å². The summed E-state index contributed by atoms with van der Waals surface area (Å²) in [5, 5.41) is 2.70. The first kappa shape index (κ1) is 30.3. The molecule has 0 fully saturated rings. The molecule has 0 saturated heterocycles. The fraction of sp³-hybridized carbons (Fsp3) is 0.212. The first-order chi connectivity index (χ1) is 20.2. The lowest BCUT2D eigenvalue weighted by Gasteiger charge is -2.34. The molecule has 1 atom stereocenters. The number of methoxy groups -OCH3 is 1. The number of ether oxygens (including phenoxy) is 1. The van der Waals surface area contributed by atoms with Gasteiger partial charge in [-0.15, -0.1) is 0 Å². The molecule has 0 unspecified atom stereocenters. The van der Waals surface area contributed by atoms with Crippen molar-refractivity contribution in [2.45, 2.75) is 30.8 Å². The lowest BCUT2D eigenvalue weighted by Crippen LogP contribution is -2.53. The third kappa shape index (κ3) is 7.16. The van der Waals surface area contributed by atoms with Crippen LogP contribution in [0.25, 0.3) is 0 Å². The minimum Gasteiger partial charge on any atom is -0.497 e. The molecule has 4 aromatic carbocycles. The van der Waals surface area contributed by atoms with Crippen LogP contribution in [0, 0.1) is 6.92 Å². The molecule has 4 rings (SSSR count). The second-order valence-corrected chi connectivity index (χ2v) is 11.7. The van der Waals surface area contributed by atoms with E-state index in [1.54, 1.807) is 42.5 Å². The molecule has 0 aliphatic heterocycles. The summed E-state index contributed by atoms with van der Waals surface area (Å²) in [6.45, 7) is 1.53. The molecule has 0 aromatic heterocycles. The molecule has 8 nitrogen and oxygen atoms in total. The Kier molecular flexibility index (Phi) is 9.98. The van der Waals surface area contributed by atoms with Crippen LogP contribution in [-0.2, 0) is 32.6 Å². The van der Waals surface area contributed by atoms with Gasteiger partial charge in [0.05, 0.1) is 17.7 Å². The Morgan fingerprint density at radius 2 is 1.50 bits per heavy atom. The predicted molar refractivity (Wildman–Crippen MR) is 164 cm³/mol. The molecular formula is C33H35N3O5S. The van der Waals surface area contributed by atoms with Crippen molar-refractivity contribution in [3.63, 3.8) is 0 Å². The SMILES string of the molecule is CNC(=O)[C@@H](Cc1ccccc1)N(Cc1ccccc1C)C(=O)CN(c1cccc(OC)c1)S(=O)(=O)c1ccccc1. The molecule has 218 valence electrons. The Morgan fingerprint density at radius 3 is 2.14 bits per heavy atom. The molecule has 1 N–H and O–H groups in total. The number of hydrogen-bond acceptors (Lipinski definition) is 5. The van der Waals surface area contributed by atoms with Gasteiger partial charge in [0.15, 0.2) is 0 Å². The van der Waals surface area contributed by atoms with Crippen molar-refractivity contribution >= 4 is 27.5 Å². The standard InChI is InChI=1S/C33H35N3O5S/c1-25-13-10-11-16-27(25)23-35(31(33(38)34-2)21-26-14-6-4-7-15-26)32(37)24-36(28-17-12-18-29(22-28)41-3)42(39,40)30-19-8-5-9-20-30/h4-20,22,31H,21,23-24H2,1-3H3,(H,34,38)/t31-/m1/s1. The number of aryl methyl sites for hydroxylation is 1. The number of rotatable bonds is 12. The summed E-state index contributed by atoms with van der Waals surface area (Å²) in [6, 6.07) is 30.7. The van der Waals surface area contributed by atoms with Crippen molar-refractivity contribution in [1.29, 1.82) is 0 Å². The van der Waals surface area contributed by atoms with Crippen LogP contribution in [0.2, 0.25) is 0 Å². The zero-order chi connectivity index (χ0) is 30.1. The van der Waals surface area contributed by atoms with E-state index >= 15 is 0 Å². The van der Waals surface area contributed by atoms with Gasteiger partial charge in [0, 0.05) is 26.1 Å². The van der Waals surface area contributed by atoms with E-state index in [-0.39, 0.29) is 29.5 Å². The minimum absolute atomic E-state index is 0.0400. The summed E-state index contributed by atoms with van der Waals surface area (Å²) in [7, 11) is -1.15. The molecule has 0 aliphatic rings. The van der Waals surface area contributed by atoms with Crippen LogP contribution in [0.5, 0.6) is 5.75 Å². The highest BCUT2D eigenvalue weighted by Crippen LogP contribution is 2.28. The van der Waals surface area contributed by atoms with E-state index in [1.807, 2.05) is 61.5 Å². The van der Waals surface area contributed by atoms with Crippen LogP contribution in [0.1, 0.15) is 16.7 Å². The Morgan fingerprint density at radius 1 is 0.857 bits per heavy atom. The normalized spacial score (nSPS) is 11.8. The van der Waals surface area contributed by atoms with Crippen molar-refractivity contribution in [1.82, 2.24) is 10.2 Å². The van der Waals surface area contributed by atoms with Crippen molar-refractivity contribution in [3.8, 4) is 5.75 Å². The maximum absolute atomic E-state index is 14.3. The highest BCUT2D eigenvalue weighted by atomic mass is 32.2. The Labute approximate surface area is 247 Å². The zero-order valence-electron chi connectivity index (χ0n) is 23.9. The quantitative estimate of drug-likeness (QED) is 0.263. The molecule has 42 heavy (non-hydrogen) atoms. The van der Waals surface area contributed by atoms with E-state index in [1.165, 1.54) is 31.2 Å². The van der Waals surface area contributed by atoms with E-state index in [4.69, 9.17) is 4.74 Å². The Bertz CT molecular complexity index is 1610. The second kappa shape index (κ2) is 13.8. The number of amides is 2. The zero-order valence-corrected chi connectivity index (χ0v) is 24.8. The van der Waals surface area contributed by atoms with Gasteiger partial charge in [-0.1, -0.05) is 78.9 Å². The summed E-state index contributed by atoms with van der Waals surface area (Å²) in [6.07, 6.45) is 0.253. The van der Waals surface area contributed by atoms with E-state index in [0.29, 0.717) is 5.75 Å². The largest absolute Gasteiger partial charge is 0.497 e. The third-order valence-electron chi connectivity index (χ3n) is 7.07. The number of nitrogens with one attached hydrogen (secondary N) is 1. The molecule has 0 heterocycles. The second-order valence-electron chi connectivity index (χ2n) is 9.79. The number of sulfonamides is 1. The smallest absolute Gasteiger partial charge is 0.264 e. The number of nitrogens with zero attached hydrogens (tertiary/aromatic N) is 2. The first-order valence-corrected chi connectivity index (χ1v) is 15.0. The van der Waals surface area contributed by atoms with Gasteiger partial charge < -0.3 is 15.0 Å². The molecular weight excluding hydrogens is 550 g/mol. The fourth-order valence-electron chi connectivity index (χ4n) is 4.71. The number of benzene rings is 4. The molecule has 2 amide bonds. The van der Waals surface area contributed by atoms with Crippen molar-refractivity contribution in [2.75, 3.05) is 25.0 Å². The lowest BCUT2D eigenvalue weighted by atomic mass is 10.0. The van der Waals surface area contributed by atoms with Gasteiger partial charge in [-0.25, -0.2) is 8.42 Å². The van der Waals surface area contributed by atoms with Crippen molar-refractivity contribution in [2.24, 2.45) is 0 Å². The Hall–Kier alpha value is -4.63. The maximum Gasteiger partial charge on any atom is 0.264 e.